The van der Waals surface area contributed by atoms with E-state index in [9.17, 15) is 0 Å². The lowest BCUT2D eigenvalue weighted by Crippen LogP contribution is -2.71. The molecule has 2 saturated carbocycles. The van der Waals surface area contributed by atoms with Gasteiger partial charge in [0.1, 0.15) is 0 Å². The molecule has 9 unspecified atom stereocenters. The standard InChI is InChI=1S/C20H29N3/c1-2-6-16-12(4-1)13-9-11-23-17-8-7-15(20(23)19(13)22-16)18-14(17)5-3-10-21-18/h3,5,10,12-20,22H,1-2,4,6-9,11H2. The monoisotopic (exact) mass is 311 g/mol. The van der Waals surface area contributed by atoms with Gasteiger partial charge < -0.3 is 5.32 Å². The lowest BCUT2D eigenvalue weighted by Gasteiger charge is -2.62. The third-order valence-corrected chi connectivity index (χ3v) is 8.32. The van der Waals surface area contributed by atoms with Crippen molar-refractivity contribution >= 4 is 6.21 Å². The van der Waals surface area contributed by atoms with E-state index in [-0.39, 0.29) is 0 Å². The average molecular weight is 311 g/mol. The van der Waals surface area contributed by atoms with Gasteiger partial charge in [-0.1, -0.05) is 18.9 Å². The molecule has 23 heavy (non-hydrogen) atoms. The van der Waals surface area contributed by atoms with Gasteiger partial charge in [-0.2, -0.15) is 0 Å². The van der Waals surface area contributed by atoms with Crippen molar-refractivity contribution < 1.29 is 0 Å². The predicted octanol–water partition coefficient (Wildman–Crippen LogP) is 2.63. The fraction of sp³-hybridized carbons (Fsp3) is 0.850. The maximum Gasteiger partial charge on any atom is 0.0620 e. The Kier molecular flexibility index (Phi) is 2.91. The summed E-state index contributed by atoms with van der Waals surface area (Å²) in [6, 6.07) is 3.75. The number of aliphatic imine (C=N–C) groups is 1. The molecule has 0 radical (unpaired) electrons. The highest BCUT2D eigenvalue weighted by Crippen LogP contribution is 2.53. The second-order valence-corrected chi connectivity index (χ2v) is 8.99. The summed E-state index contributed by atoms with van der Waals surface area (Å²) in [5, 5.41) is 4.16. The lowest BCUT2D eigenvalue weighted by atomic mass is 9.60. The number of hydrogen-bond acceptors (Lipinski definition) is 3. The summed E-state index contributed by atoms with van der Waals surface area (Å²) in [6.45, 7) is 1.36. The van der Waals surface area contributed by atoms with E-state index in [1.807, 2.05) is 0 Å². The number of hydrogen-bond donors (Lipinski definition) is 1. The maximum atomic E-state index is 4.96. The summed E-state index contributed by atoms with van der Waals surface area (Å²) in [4.78, 5) is 7.90. The van der Waals surface area contributed by atoms with Crippen molar-refractivity contribution in [1.82, 2.24) is 10.2 Å². The summed E-state index contributed by atoms with van der Waals surface area (Å²) in [5.41, 5.74) is 0. The molecule has 0 aromatic rings. The Morgan fingerprint density at radius 2 is 1.91 bits per heavy atom. The number of rotatable bonds is 0. The molecule has 0 amide bonds. The molecule has 1 N–H and O–H groups in total. The van der Waals surface area contributed by atoms with Crippen LogP contribution < -0.4 is 5.32 Å². The number of dihydropyridines is 1. The van der Waals surface area contributed by atoms with E-state index in [1.165, 1.54) is 51.5 Å². The van der Waals surface area contributed by atoms with Crippen molar-refractivity contribution in [3.05, 3.63) is 12.2 Å². The minimum atomic E-state index is 0.586. The molecule has 6 fully saturated rings. The first-order valence-corrected chi connectivity index (χ1v) is 10.1. The van der Waals surface area contributed by atoms with E-state index in [0.29, 0.717) is 12.0 Å². The van der Waals surface area contributed by atoms with Crippen LogP contribution in [0.4, 0.5) is 0 Å². The zero-order chi connectivity index (χ0) is 15.0. The van der Waals surface area contributed by atoms with E-state index in [1.54, 1.807) is 0 Å². The minimum absolute atomic E-state index is 0.586. The van der Waals surface area contributed by atoms with Gasteiger partial charge in [0, 0.05) is 36.3 Å². The highest BCUT2D eigenvalue weighted by Gasteiger charge is 2.60. The maximum absolute atomic E-state index is 4.96. The predicted molar refractivity (Wildman–Crippen MR) is 92.7 cm³/mol. The third-order valence-electron chi connectivity index (χ3n) is 8.32. The summed E-state index contributed by atoms with van der Waals surface area (Å²) in [7, 11) is 0. The Morgan fingerprint density at radius 1 is 0.957 bits per heavy atom. The largest absolute Gasteiger partial charge is 0.309 e. The van der Waals surface area contributed by atoms with Gasteiger partial charge >= 0.3 is 0 Å². The fourth-order valence-electron chi connectivity index (χ4n) is 7.59. The first-order chi connectivity index (χ1) is 11.4. The molecule has 7 rings (SSSR count). The molecule has 0 spiro atoms. The topological polar surface area (TPSA) is 27.6 Å². The molecule has 4 saturated heterocycles. The van der Waals surface area contributed by atoms with Crippen molar-refractivity contribution in [2.75, 3.05) is 6.54 Å². The Morgan fingerprint density at radius 3 is 2.91 bits per heavy atom. The van der Waals surface area contributed by atoms with Crippen LogP contribution in [0.2, 0.25) is 0 Å². The van der Waals surface area contributed by atoms with Crippen molar-refractivity contribution in [2.45, 2.75) is 75.2 Å². The van der Waals surface area contributed by atoms with Gasteiger partial charge in [-0.25, -0.2) is 0 Å². The van der Waals surface area contributed by atoms with Gasteiger partial charge in [-0.15, -0.1) is 0 Å². The quantitative estimate of drug-likeness (QED) is 0.745. The number of fused-ring (bicyclic) bond motifs is 4. The van der Waals surface area contributed by atoms with Crippen molar-refractivity contribution in [1.29, 1.82) is 0 Å². The molecule has 2 bridgehead atoms. The summed E-state index contributed by atoms with van der Waals surface area (Å²) >= 11 is 0. The van der Waals surface area contributed by atoms with E-state index < -0.39 is 0 Å². The third kappa shape index (κ3) is 1.76. The van der Waals surface area contributed by atoms with Crippen LogP contribution in [0.15, 0.2) is 17.1 Å². The van der Waals surface area contributed by atoms with E-state index in [4.69, 9.17) is 4.99 Å². The number of piperidine rings is 3. The van der Waals surface area contributed by atoms with Crippen LogP contribution in [-0.2, 0) is 0 Å². The van der Waals surface area contributed by atoms with Gasteiger partial charge in [0.25, 0.3) is 0 Å². The zero-order valence-corrected chi connectivity index (χ0v) is 14.0. The van der Waals surface area contributed by atoms with Crippen LogP contribution >= 0.6 is 0 Å². The van der Waals surface area contributed by atoms with Crippen LogP contribution in [0, 0.1) is 23.7 Å². The normalized spacial score (nSPS) is 56.8. The first-order valence-electron chi connectivity index (χ1n) is 10.1. The second-order valence-electron chi connectivity index (χ2n) is 8.99. The number of nitrogens with one attached hydrogen (secondary N) is 1. The SMILES string of the molecule is C1=CC2C(N=C1)C1CCC2N2CCC3C4CCCCC4NC3C12. The molecule has 3 heteroatoms. The van der Waals surface area contributed by atoms with Gasteiger partial charge in [0.2, 0.25) is 0 Å². The minimum Gasteiger partial charge on any atom is -0.309 e. The molecular weight excluding hydrogens is 282 g/mol. The van der Waals surface area contributed by atoms with E-state index in [2.05, 4.69) is 28.6 Å². The number of nitrogens with zero attached hydrogens (tertiary/aromatic N) is 2. The smallest absolute Gasteiger partial charge is 0.0620 e. The molecule has 0 aromatic carbocycles. The molecule has 5 heterocycles. The molecular formula is C20H29N3. The fourth-order valence-corrected chi connectivity index (χ4v) is 7.59. The van der Waals surface area contributed by atoms with Crippen molar-refractivity contribution in [3.8, 4) is 0 Å². The molecule has 7 aliphatic rings. The Labute approximate surface area is 139 Å². The van der Waals surface area contributed by atoms with Gasteiger partial charge in [0.05, 0.1) is 6.04 Å². The van der Waals surface area contributed by atoms with Crippen LogP contribution in [0.5, 0.6) is 0 Å². The van der Waals surface area contributed by atoms with Gasteiger partial charge in [-0.3, -0.25) is 9.89 Å². The highest BCUT2D eigenvalue weighted by molar-refractivity contribution is 5.72. The summed E-state index contributed by atoms with van der Waals surface area (Å²) in [6.07, 6.45) is 16.9. The van der Waals surface area contributed by atoms with Crippen LogP contribution in [-0.4, -0.2) is 47.9 Å². The van der Waals surface area contributed by atoms with Gasteiger partial charge in [0.15, 0.2) is 0 Å². The van der Waals surface area contributed by atoms with Gasteiger partial charge in [-0.05, 0) is 62.5 Å². The van der Waals surface area contributed by atoms with Crippen molar-refractivity contribution in [2.24, 2.45) is 28.7 Å². The average Bonchev–Trinajstić information content (AvgIpc) is 3.01. The molecule has 124 valence electrons. The first kappa shape index (κ1) is 13.6. The number of allylic oxidation sites excluding steroid dienone is 1. The highest BCUT2D eigenvalue weighted by atomic mass is 15.3. The Balaban J connectivity index is 1.36. The van der Waals surface area contributed by atoms with Crippen molar-refractivity contribution in [3.63, 3.8) is 0 Å². The Hall–Kier alpha value is -0.670. The van der Waals surface area contributed by atoms with Crippen LogP contribution in [0.3, 0.4) is 0 Å². The second kappa shape index (κ2) is 4.92. The Bertz CT molecular complexity index is 555. The van der Waals surface area contributed by atoms with E-state index in [0.717, 1.165) is 41.9 Å². The summed E-state index contributed by atoms with van der Waals surface area (Å²) in [5.74, 6) is 3.45. The molecule has 3 nitrogen and oxygen atoms in total. The van der Waals surface area contributed by atoms with Crippen LogP contribution in [0.25, 0.3) is 0 Å². The molecule has 5 aliphatic heterocycles. The van der Waals surface area contributed by atoms with Crippen LogP contribution in [0.1, 0.15) is 44.9 Å². The molecule has 9 atom stereocenters. The molecule has 0 aromatic heterocycles. The summed E-state index contributed by atoms with van der Waals surface area (Å²) < 4.78 is 0. The molecule has 2 aliphatic carbocycles. The lowest BCUT2D eigenvalue weighted by molar-refractivity contribution is -0.0915. The van der Waals surface area contributed by atoms with E-state index >= 15 is 0 Å². The zero-order valence-electron chi connectivity index (χ0n) is 14.0.